The molecule has 18 heavy (non-hydrogen) atoms. The lowest BCUT2D eigenvalue weighted by Crippen LogP contribution is -2.47. The van der Waals surface area contributed by atoms with Crippen molar-refractivity contribution in [2.24, 2.45) is 5.84 Å². The molecule has 3 nitrogen and oxygen atoms in total. The minimum absolute atomic E-state index is 0.314. The third-order valence-corrected chi connectivity index (χ3v) is 4.64. The van der Waals surface area contributed by atoms with Crippen molar-refractivity contribution in [2.75, 3.05) is 18.1 Å². The highest BCUT2D eigenvalue weighted by Crippen LogP contribution is 2.19. The molecule has 1 aliphatic rings. The predicted molar refractivity (Wildman–Crippen MR) is 80.8 cm³/mol. The lowest BCUT2D eigenvalue weighted by Gasteiger charge is -2.29. The van der Waals surface area contributed by atoms with Gasteiger partial charge in [-0.3, -0.25) is 11.3 Å². The van der Waals surface area contributed by atoms with Crippen LogP contribution in [0.3, 0.4) is 0 Å². The van der Waals surface area contributed by atoms with Gasteiger partial charge in [0.25, 0.3) is 0 Å². The first-order valence-corrected chi connectivity index (χ1v) is 8.69. The van der Waals surface area contributed by atoms with Gasteiger partial charge in [0.15, 0.2) is 0 Å². The zero-order valence-corrected chi connectivity index (χ0v) is 12.6. The van der Waals surface area contributed by atoms with Gasteiger partial charge < -0.3 is 4.74 Å². The van der Waals surface area contributed by atoms with Crippen molar-refractivity contribution in [3.63, 3.8) is 0 Å². The molecule has 0 aromatic carbocycles. The monoisotopic (exact) mass is 274 g/mol. The first kappa shape index (κ1) is 16.3. The van der Waals surface area contributed by atoms with Crippen LogP contribution in [-0.2, 0) is 4.74 Å². The summed E-state index contributed by atoms with van der Waals surface area (Å²) >= 11 is 1.98. The lowest BCUT2D eigenvalue weighted by atomic mass is 10.0. The van der Waals surface area contributed by atoms with Crippen LogP contribution in [0.4, 0.5) is 0 Å². The van der Waals surface area contributed by atoms with Crippen LogP contribution < -0.4 is 11.3 Å². The summed E-state index contributed by atoms with van der Waals surface area (Å²) in [7, 11) is 0. The van der Waals surface area contributed by atoms with Crippen molar-refractivity contribution in [3.8, 4) is 0 Å². The normalized spacial score (nSPS) is 22.0. The van der Waals surface area contributed by atoms with E-state index in [4.69, 9.17) is 10.6 Å². The Hall–Kier alpha value is 0.230. The van der Waals surface area contributed by atoms with Crippen molar-refractivity contribution in [2.45, 2.75) is 70.4 Å². The molecule has 0 radical (unpaired) electrons. The lowest BCUT2D eigenvalue weighted by molar-refractivity contribution is 0.0441. The average molecular weight is 274 g/mol. The Balaban J connectivity index is 2.00. The molecule has 2 unspecified atom stereocenters. The second kappa shape index (κ2) is 11.1. The molecule has 108 valence electrons. The molecule has 0 amide bonds. The largest absolute Gasteiger partial charge is 0.375 e. The molecule has 1 heterocycles. The van der Waals surface area contributed by atoms with Gasteiger partial charge in [0, 0.05) is 17.5 Å². The molecule has 0 bridgehead atoms. The van der Waals surface area contributed by atoms with Gasteiger partial charge >= 0.3 is 0 Å². The highest BCUT2D eigenvalue weighted by Gasteiger charge is 2.23. The summed E-state index contributed by atoms with van der Waals surface area (Å²) in [5.74, 6) is 7.86. The van der Waals surface area contributed by atoms with Crippen LogP contribution >= 0.6 is 11.8 Å². The molecule has 2 atom stereocenters. The minimum atomic E-state index is 0.314. The minimum Gasteiger partial charge on any atom is -0.375 e. The molecule has 0 aromatic heterocycles. The summed E-state index contributed by atoms with van der Waals surface area (Å²) in [6.45, 7) is 3.14. The summed E-state index contributed by atoms with van der Waals surface area (Å²) in [4.78, 5) is 0. The van der Waals surface area contributed by atoms with Gasteiger partial charge in [0.1, 0.15) is 0 Å². The maximum absolute atomic E-state index is 5.78. The van der Waals surface area contributed by atoms with Crippen molar-refractivity contribution >= 4 is 11.8 Å². The molecular formula is C14H30N2OS. The van der Waals surface area contributed by atoms with Crippen molar-refractivity contribution in [1.29, 1.82) is 0 Å². The van der Waals surface area contributed by atoms with Gasteiger partial charge in [-0.05, 0) is 6.42 Å². The second-order valence-electron chi connectivity index (χ2n) is 5.17. The number of unbranched alkanes of at least 4 members (excludes halogenated alkanes) is 6. The van der Waals surface area contributed by atoms with Crippen LogP contribution in [0.25, 0.3) is 0 Å². The fourth-order valence-electron chi connectivity index (χ4n) is 2.44. The predicted octanol–water partition coefficient (Wildman–Crippen LogP) is 3.09. The highest BCUT2D eigenvalue weighted by atomic mass is 32.2. The Bertz CT molecular complexity index is 187. The first-order valence-electron chi connectivity index (χ1n) is 7.54. The summed E-state index contributed by atoms with van der Waals surface area (Å²) < 4.78 is 5.78. The zero-order chi connectivity index (χ0) is 13.1. The van der Waals surface area contributed by atoms with E-state index in [1.165, 1.54) is 44.9 Å². The molecule has 0 aromatic rings. The van der Waals surface area contributed by atoms with Gasteiger partial charge in [-0.15, -0.1) is 0 Å². The van der Waals surface area contributed by atoms with Crippen LogP contribution in [0.15, 0.2) is 0 Å². The van der Waals surface area contributed by atoms with Crippen LogP contribution in [0.1, 0.15) is 58.3 Å². The van der Waals surface area contributed by atoms with Crippen LogP contribution in [0.2, 0.25) is 0 Å². The Labute approximate surface area is 117 Å². The fourth-order valence-corrected chi connectivity index (χ4v) is 3.38. The van der Waals surface area contributed by atoms with Crippen molar-refractivity contribution < 1.29 is 4.74 Å². The Morgan fingerprint density at radius 3 is 2.56 bits per heavy atom. The van der Waals surface area contributed by atoms with Crippen LogP contribution in [-0.4, -0.2) is 30.3 Å². The Morgan fingerprint density at radius 1 is 1.22 bits per heavy atom. The zero-order valence-electron chi connectivity index (χ0n) is 11.8. The smallest absolute Gasteiger partial charge is 0.0832 e. The molecule has 4 heteroatoms. The maximum Gasteiger partial charge on any atom is 0.0832 e. The second-order valence-corrected chi connectivity index (χ2v) is 6.32. The molecule has 0 spiro atoms. The molecule has 0 saturated carbocycles. The maximum atomic E-state index is 5.78. The number of hydrogen-bond acceptors (Lipinski definition) is 4. The van der Waals surface area contributed by atoms with Gasteiger partial charge in [0.05, 0.1) is 12.7 Å². The Morgan fingerprint density at radius 2 is 1.94 bits per heavy atom. The summed E-state index contributed by atoms with van der Waals surface area (Å²) in [5, 5.41) is 0. The van der Waals surface area contributed by atoms with E-state index in [-0.39, 0.29) is 0 Å². The van der Waals surface area contributed by atoms with Crippen molar-refractivity contribution in [3.05, 3.63) is 0 Å². The van der Waals surface area contributed by atoms with E-state index in [9.17, 15) is 0 Å². The summed E-state index contributed by atoms with van der Waals surface area (Å²) in [6.07, 6.45) is 11.0. The molecule has 0 aliphatic carbocycles. The quantitative estimate of drug-likeness (QED) is 0.365. The van der Waals surface area contributed by atoms with E-state index in [0.29, 0.717) is 12.1 Å². The average Bonchev–Trinajstić information content (AvgIpc) is 2.43. The van der Waals surface area contributed by atoms with Crippen molar-refractivity contribution in [1.82, 2.24) is 5.43 Å². The van der Waals surface area contributed by atoms with Gasteiger partial charge in [-0.25, -0.2) is 0 Å². The number of rotatable bonds is 10. The number of hydrazine groups is 1. The number of nitrogens with two attached hydrogens (primary N) is 1. The molecule has 1 fully saturated rings. The summed E-state index contributed by atoms with van der Waals surface area (Å²) in [6, 6.07) is 0.341. The van der Waals surface area contributed by atoms with E-state index >= 15 is 0 Å². The van der Waals surface area contributed by atoms with E-state index in [2.05, 4.69) is 12.3 Å². The van der Waals surface area contributed by atoms with E-state index in [0.717, 1.165) is 24.5 Å². The third kappa shape index (κ3) is 6.98. The first-order chi connectivity index (χ1) is 8.88. The fraction of sp³-hybridized carbons (Fsp3) is 1.00. The SMILES string of the molecule is CCCCCCCCCC(NN)C1CSCCO1. The number of hydrogen-bond donors (Lipinski definition) is 2. The molecule has 3 N–H and O–H groups in total. The molecular weight excluding hydrogens is 244 g/mol. The van der Waals surface area contributed by atoms with Gasteiger partial charge in [0.2, 0.25) is 0 Å². The molecule has 1 saturated heterocycles. The molecule has 1 rings (SSSR count). The van der Waals surface area contributed by atoms with Crippen LogP contribution in [0, 0.1) is 0 Å². The third-order valence-electron chi connectivity index (χ3n) is 3.62. The number of ether oxygens (including phenoxy) is 1. The van der Waals surface area contributed by atoms with E-state index < -0.39 is 0 Å². The molecule has 1 aliphatic heterocycles. The highest BCUT2D eigenvalue weighted by molar-refractivity contribution is 7.99. The number of thioether (sulfide) groups is 1. The van der Waals surface area contributed by atoms with Gasteiger partial charge in [-0.1, -0.05) is 51.9 Å². The standard InChI is InChI=1S/C14H30N2OS/c1-2-3-4-5-6-7-8-9-13(16-15)14-12-18-11-10-17-14/h13-14,16H,2-12,15H2,1H3. The summed E-state index contributed by atoms with van der Waals surface area (Å²) in [5.41, 5.74) is 2.94. The number of nitrogens with one attached hydrogen (secondary N) is 1. The van der Waals surface area contributed by atoms with Crippen LogP contribution in [0.5, 0.6) is 0 Å². The topological polar surface area (TPSA) is 47.3 Å². The van der Waals surface area contributed by atoms with E-state index in [1.54, 1.807) is 0 Å². The van der Waals surface area contributed by atoms with Gasteiger partial charge in [-0.2, -0.15) is 11.8 Å². The Kier molecular flexibility index (Phi) is 10.0. The van der Waals surface area contributed by atoms with E-state index in [1.807, 2.05) is 11.8 Å².